The lowest BCUT2D eigenvalue weighted by Crippen LogP contribution is -2.18. The summed E-state index contributed by atoms with van der Waals surface area (Å²) < 4.78 is 5.99. The minimum atomic E-state index is -0.232. The second-order valence-corrected chi connectivity index (χ2v) is 5.49. The number of aliphatic hydroxyl groups excluding tert-OH is 1. The van der Waals surface area contributed by atoms with Crippen molar-refractivity contribution in [2.75, 3.05) is 6.54 Å². The molecule has 1 saturated carbocycles. The van der Waals surface area contributed by atoms with E-state index in [4.69, 9.17) is 4.74 Å². The van der Waals surface area contributed by atoms with Gasteiger partial charge in [-0.05, 0) is 63.3 Å². The summed E-state index contributed by atoms with van der Waals surface area (Å²) in [5.74, 6) is 0.988. The zero-order valence-electron chi connectivity index (χ0n) is 11.8. The third-order valence-electron chi connectivity index (χ3n) is 3.57. The van der Waals surface area contributed by atoms with Crippen molar-refractivity contribution in [1.29, 1.82) is 0 Å². The summed E-state index contributed by atoms with van der Waals surface area (Å²) in [5, 5.41) is 12.5. The van der Waals surface area contributed by atoms with Gasteiger partial charge in [-0.2, -0.15) is 0 Å². The van der Waals surface area contributed by atoms with Crippen molar-refractivity contribution >= 4 is 0 Å². The number of ether oxygens (including phenoxy) is 1. The van der Waals surface area contributed by atoms with Gasteiger partial charge in [-0.3, -0.25) is 0 Å². The van der Waals surface area contributed by atoms with Gasteiger partial charge in [0.05, 0.1) is 12.2 Å². The summed E-state index contributed by atoms with van der Waals surface area (Å²) in [5.41, 5.74) is 1.24. The van der Waals surface area contributed by atoms with E-state index >= 15 is 0 Å². The molecule has 0 radical (unpaired) electrons. The Bertz CT molecular complexity index is 373. The van der Waals surface area contributed by atoms with Crippen LogP contribution in [0, 0.1) is 0 Å². The standard InChI is InChI=1S/C16H25NO2/c1-13(18)9-10-17-12-14-5-4-8-16(11-14)19-15-6-2-3-7-15/h4-5,8,11,13,15,17-18H,2-3,6-7,9-10,12H2,1H3. The molecule has 2 N–H and O–H groups in total. The average molecular weight is 263 g/mol. The first-order valence-corrected chi connectivity index (χ1v) is 7.38. The number of nitrogens with one attached hydrogen (secondary N) is 1. The van der Waals surface area contributed by atoms with Crippen LogP contribution in [0.5, 0.6) is 5.75 Å². The van der Waals surface area contributed by atoms with E-state index in [2.05, 4.69) is 23.5 Å². The molecule has 1 aliphatic rings. The number of benzene rings is 1. The minimum Gasteiger partial charge on any atom is -0.490 e. The summed E-state index contributed by atoms with van der Waals surface area (Å²) in [6.45, 7) is 3.48. The van der Waals surface area contributed by atoms with Crippen LogP contribution >= 0.6 is 0 Å². The van der Waals surface area contributed by atoms with Crippen LogP contribution in [0.25, 0.3) is 0 Å². The molecule has 0 aliphatic heterocycles. The molecule has 0 amide bonds. The molecule has 0 bridgehead atoms. The predicted octanol–water partition coefficient (Wildman–Crippen LogP) is 2.87. The van der Waals surface area contributed by atoms with Crippen LogP contribution in [0.2, 0.25) is 0 Å². The molecule has 106 valence electrons. The van der Waals surface area contributed by atoms with E-state index in [1.165, 1.54) is 31.2 Å². The summed E-state index contributed by atoms with van der Waals surface area (Å²) in [7, 11) is 0. The highest BCUT2D eigenvalue weighted by molar-refractivity contribution is 5.28. The van der Waals surface area contributed by atoms with Crippen molar-refractivity contribution in [2.45, 2.75) is 57.8 Å². The van der Waals surface area contributed by atoms with Crippen LogP contribution in [-0.4, -0.2) is 23.9 Å². The largest absolute Gasteiger partial charge is 0.490 e. The zero-order valence-corrected chi connectivity index (χ0v) is 11.8. The molecule has 0 saturated heterocycles. The van der Waals surface area contributed by atoms with E-state index in [1.54, 1.807) is 0 Å². The van der Waals surface area contributed by atoms with Gasteiger partial charge in [0.1, 0.15) is 5.75 Å². The van der Waals surface area contributed by atoms with Gasteiger partial charge in [0.15, 0.2) is 0 Å². The van der Waals surface area contributed by atoms with Crippen molar-refractivity contribution in [1.82, 2.24) is 5.32 Å². The van der Waals surface area contributed by atoms with E-state index in [0.717, 1.165) is 25.3 Å². The zero-order chi connectivity index (χ0) is 13.5. The minimum absolute atomic E-state index is 0.232. The Morgan fingerprint density at radius 2 is 2.16 bits per heavy atom. The van der Waals surface area contributed by atoms with E-state index in [-0.39, 0.29) is 6.10 Å². The van der Waals surface area contributed by atoms with Crippen molar-refractivity contribution in [3.63, 3.8) is 0 Å². The highest BCUT2D eigenvalue weighted by atomic mass is 16.5. The maximum absolute atomic E-state index is 9.19. The maximum atomic E-state index is 9.19. The highest BCUT2D eigenvalue weighted by Gasteiger charge is 2.16. The molecular formula is C16H25NO2. The fourth-order valence-corrected chi connectivity index (χ4v) is 2.47. The molecule has 0 heterocycles. The van der Waals surface area contributed by atoms with Crippen LogP contribution in [0.3, 0.4) is 0 Å². The van der Waals surface area contributed by atoms with Gasteiger partial charge in [0.2, 0.25) is 0 Å². The number of hydrogen-bond acceptors (Lipinski definition) is 3. The highest BCUT2D eigenvalue weighted by Crippen LogP contribution is 2.24. The Morgan fingerprint density at radius 3 is 2.89 bits per heavy atom. The van der Waals surface area contributed by atoms with Crippen LogP contribution in [-0.2, 0) is 6.54 Å². The first-order chi connectivity index (χ1) is 9.24. The molecule has 1 aromatic rings. The average Bonchev–Trinajstić information content (AvgIpc) is 2.88. The van der Waals surface area contributed by atoms with Gasteiger partial charge in [-0.15, -0.1) is 0 Å². The molecule has 1 aliphatic carbocycles. The molecule has 1 fully saturated rings. The Balaban J connectivity index is 1.77. The van der Waals surface area contributed by atoms with Crippen LogP contribution in [0.15, 0.2) is 24.3 Å². The topological polar surface area (TPSA) is 41.5 Å². The van der Waals surface area contributed by atoms with Gasteiger partial charge >= 0.3 is 0 Å². The van der Waals surface area contributed by atoms with Gasteiger partial charge in [0.25, 0.3) is 0 Å². The van der Waals surface area contributed by atoms with Gasteiger partial charge in [0, 0.05) is 6.54 Å². The molecule has 1 aromatic carbocycles. The van der Waals surface area contributed by atoms with Gasteiger partial charge in [-0.1, -0.05) is 12.1 Å². The van der Waals surface area contributed by atoms with Gasteiger partial charge in [-0.25, -0.2) is 0 Å². The maximum Gasteiger partial charge on any atom is 0.120 e. The molecule has 3 nitrogen and oxygen atoms in total. The van der Waals surface area contributed by atoms with Crippen LogP contribution in [0.4, 0.5) is 0 Å². The summed E-state index contributed by atoms with van der Waals surface area (Å²) >= 11 is 0. The van der Waals surface area contributed by atoms with E-state index in [0.29, 0.717) is 6.10 Å². The lowest BCUT2D eigenvalue weighted by Gasteiger charge is -2.14. The monoisotopic (exact) mass is 263 g/mol. The Kier molecular flexibility index (Phi) is 5.67. The van der Waals surface area contributed by atoms with E-state index < -0.39 is 0 Å². The van der Waals surface area contributed by atoms with E-state index in [1.807, 2.05) is 13.0 Å². The Hall–Kier alpha value is -1.06. The fraction of sp³-hybridized carbons (Fsp3) is 0.625. The van der Waals surface area contributed by atoms with Gasteiger partial charge < -0.3 is 15.2 Å². The smallest absolute Gasteiger partial charge is 0.120 e. The number of aliphatic hydroxyl groups is 1. The van der Waals surface area contributed by atoms with E-state index in [9.17, 15) is 5.11 Å². The molecular weight excluding hydrogens is 238 g/mol. The second kappa shape index (κ2) is 7.51. The molecule has 1 atom stereocenters. The normalized spacial score (nSPS) is 17.6. The Morgan fingerprint density at radius 1 is 1.37 bits per heavy atom. The third kappa shape index (κ3) is 5.21. The number of hydrogen-bond donors (Lipinski definition) is 2. The third-order valence-corrected chi connectivity index (χ3v) is 3.57. The predicted molar refractivity (Wildman–Crippen MR) is 77.3 cm³/mol. The molecule has 1 unspecified atom stereocenters. The summed E-state index contributed by atoms with van der Waals surface area (Å²) in [6.07, 6.45) is 5.95. The molecule has 2 rings (SSSR count). The number of rotatable bonds is 7. The first-order valence-electron chi connectivity index (χ1n) is 7.38. The molecule has 0 spiro atoms. The lowest BCUT2D eigenvalue weighted by atomic mass is 10.2. The molecule has 19 heavy (non-hydrogen) atoms. The summed E-state index contributed by atoms with van der Waals surface area (Å²) in [4.78, 5) is 0. The van der Waals surface area contributed by atoms with Crippen molar-refractivity contribution < 1.29 is 9.84 Å². The SMILES string of the molecule is CC(O)CCNCc1cccc(OC2CCCC2)c1. The van der Waals surface area contributed by atoms with Crippen molar-refractivity contribution in [3.05, 3.63) is 29.8 Å². The quantitative estimate of drug-likeness (QED) is 0.743. The van der Waals surface area contributed by atoms with Crippen molar-refractivity contribution in [2.24, 2.45) is 0 Å². The first kappa shape index (κ1) is 14.4. The Labute approximate surface area is 116 Å². The fourth-order valence-electron chi connectivity index (χ4n) is 2.47. The van der Waals surface area contributed by atoms with Crippen molar-refractivity contribution in [3.8, 4) is 5.75 Å². The summed E-state index contributed by atoms with van der Waals surface area (Å²) in [6, 6.07) is 8.32. The lowest BCUT2D eigenvalue weighted by molar-refractivity contribution is 0.183. The van der Waals surface area contributed by atoms with Crippen LogP contribution in [0.1, 0.15) is 44.6 Å². The van der Waals surface area contributed by atoms with Crippen LogP contribution < -0.4 is 10.1 Å². The second-order valence-electron chi connectivity index (χ2n) is 5.49. The molecule has 3 heteroatoms. The molecule has 0 aromatic heterocycles.